The van der Waals surface area contributed by atoms with E-state index in [-0.39, 0.29) is 5.91 Å². The van der Waals surface area contributed by atoms with Crippen LogP contribution in [0.2, 0.25) is 0 Å². The number of nitrogens with one attached hydrogen (secondary N) is 3. The molecule has 0 spiro atoms. The van der Waals surface area contributed by atoms with Gasteiger partial charge in [-0.3, -0.25) is 4.79 Å². The fraction of sp³-hybridized carbons (Fsp3) is 0.250. The molecule has 2 aromatic carbocycles. The second-order valence-electron chi connectivity index (χ2n) is 5.93. The molecule has 0 radical (unpaired) electrons. The van der Waals surface area contributed by atoms with Crippen molar-refractivity contribution in [2.45, 2.75) is 12.8 Å². The van der Waals surface area contributed by atoms with Gasteiger partial charge in [-0.25, -0.2) is 0 Å². The third-order valence-corrected chi connectivity index (χ3v) is 4.05. The van der Waals surface area contributed by atoms with Gasteiger partial charge in [0, 0.05) is 48.7 Å². The van der Waals surface area contributed by atoms with Crippen LogP contribution in [0.3, 0.4) is 0 Å². The van der Waals surface area contributed by atoms with Crippen LogP contribution in [0.5, 0.6) is 0 Å². The molecule has 5 nitrogen and oxygen atoms in total. The number of hydrogen-bond donors (Lipinski definition) is 3. The van der Waals surface area contributed by atoms with E-state index < -0.39 is 0 Å². The van der Waals surface area contributed by atoms with E-state index in [2.05, 4.69) is 15.6 Å². The number of aromatic amines is 1. The Bertz CT molecular complexity index is 824. The molecule has 0 fully saturated rings. The van der Waals surface area contributed by atoms with Crippen molar-refractivity contribution >= 4 is 28.2 Å². The topological polar surface area (TPSA) is 66.2 Å². The molecule has 1 heterocycles. The summed E-state index contributed by atoms with van der Waals surface area (Å²) in [5.41, 5.74) is 3.89. The Hall–Kier alpha value is -2.79. The van der Waals surface area contributed by atoms with E-state index in [0.717, 1.165) is 47.4 Å². The lowest BCUT2D eigenvalue weighted by molar-refractivity contribution is -0.115. The van der Waals surface area contributed by atoms with Gasteiger partial charge in [-0.2, -0.15) is 0 Å². The lowest BCUT2D eigenvalue weighted by Gasteiger charge is -2.08. The van der Waals surface area contributed by atoms with Gasteiger partial charge in [0.1, 0.15) is 0 Å². The number of anilines is 2. The molecule has 1 aromatic heterocycles. The van der Waals surface area contributed by atoms with E-state index >= 15 is 0 Å². The first-order valence-electron chi connectivity index (χ1n) is 8.44. The van der Waals surface area contributed by atoms with Crippen LogP contribution in [-0.4, -0.2) is 31.2 Å². The number of fused-ring (bicyclic) bond motifs is 1. The Kier molecular flexibility index (Phi) is 5.69. The van der Waals surface area contributed by atoms with Crippen molar-refractivity contribution in [1.29, 1.82) is 0 Å². The highest BCUT2D eigenvalue weighted by Gasteiger charge is 2.08. The molecule has 0 saturated heterocycles. The van der Waals surface area contributed by atoms with Gasteiger partial charge < -0.3 is 20.4 Å². The molecule has 0 bridgehead atoms. The highest BCUT2D eigenvalue weighted by Crippen LogP contribution is 2.19. The number of para-hydroxylation sites is 1. The minimum atomic E-state index is -0.0226. The molecule has 0 aliphatic carbocycles. The van der Waals surface area contributed by atoms with Gasteiger partial charge in [0.05, 0.1) is 6.42 Å². The molecular formula is C20H23N3O2. The van der Waals surface area contributed by atoms with Gasteiger partial charge in [0.2, 0.25) is 5.91 Å². The summed E-state index contributed by atoms with van der Waals surface area (Å²) >= 11 is 0. The number of methoxy groups -OCH3 is 1. The summed E-state index contributed by atoms with van der Waals surface area (Å²) in [5, 5.41) is 7.36. The second kappa shape index (κ2) is 8.35. The van der Waals surface area contributed by atoms with Crippen LogP contribution in [0.1, 0.15) is 12.0 Å². The van der Waals surface area contributed by atoms with Crippen molar-refractivity contribution in [2.24, 2.45) is 0 Å². The average Bonchev–Trinajstić information content (AvgIpc) is 3.03. The first-order chi connectivity index (χ1) is 12.3. The normalized spacial score (nSPS) is 10.8. The minimum Gasteiger partial charge on any atom is -0.385 e. The third-order valence-electron chi connectivity index (χ3n) is 4.05. The summed E-state index contributed by atoms with van der Waals surface area (Å²) in [6.07, 6.45) is 3.21. The van der Waals surface area contributed by atoms with Gasteiger partial charge in [0.15, 0.2) is 0 Å². The molecule has 1 amide bonds. The van der Waals surface area contributed by atoms with Gasteiger partial charge in [-0.1, -0.05) is 18.2 Å². The van der Waals surface area contributed by atoms with E-state index in [4.69, 9.17) is 4.74 Å². The summed E-state index contributed by atoms with van der Waals surface area (Å²) in [6, 6.07) is 15.7. The zero-order valence-electron chi connectivity index (χ0n) is 14.3. The Morgan fingerprint density at radius 3 is 2.64 bits per heavy atom. The van der Waals surface area contributed by atoms with Crippen molar-refractivity contribution in [2.75, 3.05) is 30.9 Å². The van der Waals surface area contributed by atoms with E-state index in [1.165, 1.54) is 0 Å². The maximum atomic E-state index is 12.3. The second-order valence-corrected chi connectivity index (χ2v) is 5.93. The first-order valence-corrected chi connectivity index (χ1v) is 8.44. The fourth-order valence-electron chi connectivity index (χ4n) is 2.78. The summed E-state index contributed by atoms with van der Waals surface area (Å²) in [7, 11) is 1.70. The number of benzene rings is 2. The number of ether oxygens (including phenoxy) is 1. The summed E-state index contributed by atoms with van der Waals surface area (Å²) in [6.45, 7) is 1.61. The Morgan fingerprint density at radius 2 is 1.84 bits per heavy atom. The van der Waals surface area contributed by atoms with Crippen LogP contribution < -0.4 is 10.6 Å². The molecule has 5 heteroatoms. The third kappa shape index (κ3) is 4.61. The van der Waals surface area contributed by atoms with E-state index in [9.17, 15) is 4.79 Å². The largest absolute Gasteiger partial charge is 0.385 e. The molecule has 0 aliphatic rings. The van der Waals surface area contributed by atoms with Crippen molar-refractivity contribution in [3.63, 3.8) is 0 Å². The summed E-state index contributed by atoms with van der Waals surface area (Å²) in [4.78, 5) is 15.5. The molecule has 3 rings (SSSR count). The fourth-order valence-corrected chi connectivity index (χ4v) is 2.78. The van der Waals surface area contributed by atoms with Gasteiger partial charge in [0.25, 0.3) is 0 Å². The Balaban J connectivity index is 1.54. The summed E-state index contributed by atoms with van der Waals surface area (Å²) in [5.74, 6) is -0.0226. The number of carbonyl (C=O) groups excluding carboxylic acids is 1. The van der Waals surface area contributed by atoms with Gasteiger partial charge in [-0.15, -0.1) is 0 Å². The van der Waals surface area contributed by atoms with Crippen molar-refractivity contribution in [1.82, 2.24) is 4.98 Å². The zero-order valence-corrected chi connectivity index (χ0v) is 14.3. The Labute approximate surface area is 147 Å². The predicted molar refractivity (Wildman–Crippen MR) is 102 cm³/mol. The number of hydrogen-bond acceptors (Lipinski definition) is 3. The quantitative estimate of drug-likeness (QED) is 0.548. The number of rotatable bonds is 8. The highest BCUT2D eigenvalue weighted by molar-refractivity contribution is 5.95. The van der Waals surface area contributed by atoms with E-state index in [0.29, 0.717) is 6.42 Å². The Morgan fingerprint density at radius 1 is 1.08 bits per heavy atom. The minimum absolute atomic E-state index is 0.0226. The predicted octanol–water partition coefficient (Wildman–Crippen LogP) is 3.80. The molecular weight excluding hydrogens is 314 g/mol. The molecule has 0 unspecified atom stereocenters. The zero-order chi connectivity index (χ0) is 17.5. The molecule has 3 N–H and O–H groups in total. The number of H-pyrrole nitrogens is 1. The van der Waals surface area contributed by atoms with Crippen LogP contribution in [-0.2, 0) is 16.0 Å². The molecule has 3 aromatic rings. The number of aromatic nitrogens is 1. The standard InChI is InChI=1S/C20H23N3O2/c1-25-12-4-11-21-16-7-9-17(10-8-16)23-20(24)13-15-14-22-19-6-3-2-5-18(15)19/h2-3,5-10,14,21-22H,4,11-13H2,1H3,(H,23,24). The van der Waals surface area contributed by atoms with Crippen molar-refractivity contribution in [3.8, 4) is 0 Å². The van der Waals surface area contributed by atoms with Crippen molar-refractivity contribution < 1.29 is 9.53 Å². The smallest absolute Gasteiger partial charge is 0.228 e. The maximum absolute atomic E-state index is 12.3. The monoisotopic (exact) mass is 337 g/mol. The van der Waals surface area contributed by atoms with Crippen LogP contribution in [0.4, 0.5) is 11.4 Å². The number of carbonyl (C=O) groups is 1. The van der Waals surface area contributed by atoms with Gasteiger partial charge in [-0.05, 0) is 42.3 Å². The van der Waals surface area contributed by atoms with Crippen molar-refractivity contribution in [3.05, 3.63) is 60.3 Å². The van der Waals surface area contributed by atoms with Crippen LogP contribution in [0.25, 0.3) is 10.9 Å². The maximum Gasteiger partial charge on any atom is 0.228 e. The number of amides is 1. The average molecular weight is 337 g/mol. The first kappa shape index (κ1) is 17.0. The van der Waals surface area contributed by atoms with Crippen LogP contribution in [0.15, 0.2) is 54.7 Å². The van der Waals surface area contributed by atoms with Crippen LogP contribution in [0, 0.1) is 0 Å². The molecule has 130 valence electrons. The lowest BCUT2D eigenvalue weighted by atomic mass is 10.1. The van der Waals surface area contributed by atoms with Crippen LogP contribution >= 0.6 is 0 Å². The molecule has 0 saturated carbocycles. The summed E-state index contributed by atoms with van der Waals surface area (Å²) < 4.78 is 5.02. The molecule has 0 atom stereocenters. The highest BCUT2D eigenvalue weighted by atomic mass is 16.5. The molecule has 0 aliphatic heterocycles. The lowest BCUT2D eigenvalue weighted by Crippen LogP contribution is -2.14. The van der Waals surface area contributed by atoms with E-state index in [1.807, 2.05) is 54.7 Å². The SMILES string of the molecule is COCCCNc1ccc(NC(=O)Cc2c[nH]c3ccccc23)cc1. The van der Waals surface area contributed by atoms with Gasteiger partial charge >= 0.3 is 0 Å². The van der Waals surface area contributed by atoms with E-state index in [1.54, 1.807) is 7.11 Å². The molecule has 25 heavy (non-hydrogen) atoms.